The number of nitrogens with one attached hydrogen (secondary N) is 1. The number of aryl methyl sites for hydroxylation is 2. The molecule has 1 N–H and O–H groups in total. The van der Waals surface area contributed by atoms with Crippen LogP contribution in [0.25, 0.3) is 21.6 Å². The number of hydrogen-bond acceptors (Lipinski definition) is 6. The number of fused-ring (bicyclic) bond motifs is 1. The maximum absolute atomic E-state index is 5.21. The van der Waals surface area contributed by atoms with Crippen LogP contribution in [0, 0.1) is 6.92 Å². The van der Waals surface area contributed by atoms with Crippen LogP contribution in [0.2, 0.25) is 0 Å². The first-order valence-corrected chi connectivity index (χ1v) is 9.72. The minimum absolute atomic E-state index is 0.691. The third kappa shape index (κ3) is 3.95. The van der Waals surface area contributed by atoms with Crippen molar-refractivity contribution in [2.75, 3.05) is 19.0 Å². The normalized spacial score (nSPS) is 11.0. The van der Waals surface area contributed by atoms with Crippen molar-refractivity contribution in [3.8, 4) is 17.1 Å². The van der Waals surface area contributed by atoms with Gasteiger partial charge in [-0.05, 0) is 49.6 Å². The molecule has 0 bridgehead atoms. The lowest BCUT2D eigenvalue weighted by molar-refractivity contribution is 0.414. The van der Waals surface area contributed by atoms with Crippen molar-refractivity contribution >= 4 is 27.4 Å². The molecule has 5 nitrogen and oxygen atoms in total. The van der Waals surface area contributed by atoms with Gasteiger partial charge in [0.05, 0.1) is 24.3 Å². The Kier molecular flexibility index (Phi) is 5.07. The highest BCUT2D eigenvalue weighted by molar-refractivity contribution is 7.18. The molecule has 0 aliphatic rings. The molecular formula is C21H21N3O2S. The van der Waals surface area contributed by atoms with E-state index in [1.807, 2.05) is 18.2 Å². The fourth-order valence-electron chi connectivity index (χ4n) is 2.99. The third-order valence-electron chi connectivity index (χ3n) is 4.39. The number of ether oxygens (including phenoxy) is 1. The molecule has 4 rings (SSSR count). The zero-order valence-electron chi connectivity index (χ0n) is 15.4. The smallest absolute Gasteiger partial charge is 0.166 e. The first kappa shape index (κ1) is 17.5. The van der Waals surface area contributed by atoms with Crippen molar-refractivity contribution in [3.05, 3.63) is 59.4 Å². The van der Waals surface area contributed by atoms with E-state index >= 15 is 0 Å². The number of anilines is 1. The number of furan rings is 1. The number of thiophene rings is 1. The Morgan fingerprint density at radius 1 is 1.15 bits per heavy atom. The van der Waals surface area contributed by atoms with Gasteiger partial charge >= 0.3 is 0 Å². The standard InChI is InChI=1S/C21H21N3O2S/c1-14-12-18-20(22-10-3-4-15-5-7-17(25-2)8-6-15)23-19(24-21(18)27-14)16-9-11-26-13-16/h5-9,11-13H,3-4,10H2,1-2H3,(H,22,23,24). The van der Waals surface area contributed by atoms with Crippen LogP contribution in [-0.4, -0.2) is 23.6 Å². The average molecular weight is 379 g/mol. The summed E-state index contributed by atoms with van der Waals surface area (Å²) in [7, 11) is 1.69. The summed E-state index contributed by atoms with van der Waals surface area (Å²) < 4.78 is 10.4. The van der Waals surface area contributed by atoms with E-state index in [9.17, 15) is 0 Å². The topological polar surface area (TPSA) is 60.2 Å². The molecule has 6 heteroatoms. The highest BCUT2D eigenvalue weighted by atomic mass is 32.1. The number of aromatic nitrogens is 2. The van der Waals surface area contributed by atoms with Crippen LogP contribution in [0.15, 0.2) is 53.3 Å². The number of nitrogens with zero attached hydrogens (tertiary/aromatic N) is 2. The second-order valence-electron chi connectivity index (χ2n) is 6.36. The minimum atomic E-state index is 0.691. The lowest BCUT2D eigenvalue weighted by Crippen LogP contribution is -2.06. The van der Waals surface area contributed by atoms with E-state index in [4.69, 9.17) is 14.1 Å². The van der Waals surface area contributed by atoms with E-state index in [-0.39, 0.29) is 0 Å². The number of hydrogen-bond donors (Lipinski definition) is 1. The average Bonchev–Trinajstić information content (AvgIpc) is 3.34. The van der Waals surface area contributed by atoms with Crippen molar-refractivity contribution in [1.29, 1.82) is 0 Å². The van der Waals surface area contributed by atoms with E-state index < -0.39 is 0 Å². The number of rotatable bonds is 7. The number of benzene rings is 1. The SMILES string of the molecule is COc1ccc(CCCNc2nc(-c3ccoc3)nc3sc(C)cc23)cc1. The summed E-state index contributed by atoms with van der Waals surface area (Å²) in [4.78, 5) is 11.6. The summed E-state index contributed by atoms with van der Waals surface area (Å²) in [6.45, 7) is 2.94. The lowest BCUT2D eigenvalue weighted by Gasteiger charge is -2.09. The molecule has 3 aromatic heterocycles. The van der Waals surface area contributed by atoms with Gasteiger partial charge in [0.2, 0.25) is 0 Å². The van der Waals surface area contributed by atoms with Gasteiger partial charge < -0.3 is 14.5 Å². The van der Waals surface area contributed by atoms with Gasteiger partial charge in [0.25, 0.3) is 0 Å². The first-order chi connectivity index (χ1) is 13.2. The van der Waals surface area contributed by atoms with Crippen LogP contribution >= 0.6 is 11.3 Å². The fourth-order valence-corrected chi connectivity index (χ4v) is 3.87. The molecule has 0 aliphatic carbocycles. The molecule has 27 heavy (non-hydrogen) atoms. The van der Waals surface area contributed by atoms with Crippen LogP contribution in [0.3, 0.4) is 0 Å². The van der Waals surface area contributed by atoms with E-state index in [0.717, 1.165) is 46.7 Å². The highest BCUT2D eigenvalue weighted by Crippen LogP contribution is 2.31. The molecule has 1 aromatic carbocycles. The van der Waals surface area contributed by atoms with Crippen LogP contribution in [-0.2, 0) is 6.42 Å². The Bertz CT molecular complexity index is 1020. The zero-order chi connectivity index (χ0) is 18.6. The van der Waals surface area contributed by atoms with Crippen molar-refractivity contribution in [2.24, 2.45) is 0 Å². The van der Waals surface area contributed by atoms with Gasteiger partial charge in [-0.25, -0.2) is 9.97 Å². The summed E-state index contributed by atoms with van der Waals surface area (Å²) >= 11 is 1.68. The molecule has 138 valence electrons. The Hall–Kier alpha value is -2.86. The Morgan fingerprint density at radius 3 is 2.74 bits per heavy atom. The molecular weight excluding hydrogens is 358 g/mol. The van der Waals surface area contributed by atoms with Crippen molar-refractivity contribution in [3.63, 3.8) is 0 Å². The zero-order valence-corrected chi connectivity index (χ0v) is 16.2. The fraction of sp³-hybridized carbons (Fsp3) is 0.238. The highest BCUT2D eigenvalue weighted by Gasteiger charge is 2.12. The van der Waals surface area contributed by atoms with Crippen molar-refractivity contribution in [2.45, 2.75) is 19.8 Å². The molecule has 3 heterocycles. The maximum Gasteiger partial charge on any atom is 0.166 e. The second kappa shape index (κ2) is 7.80. The third-order valence-corrected chi connectivity index (χ3v) is 5.33. The number of methoxy groups -OCH3 is 1. The van der Waals surface area contributed by atoms with Gasteiger partial charge in [-0.2, -0.15) is 0 Å². The summed E-state index contributed by atoms with van der Waals surface area (Å²) in [5.41, 5.74) is 2.19. The van der Waals surface area contributed by atoms with Gasteiger partial charge in [-0.1, -0.05) is 12.1 Å². The molecule has 0 saturated carbocycles. The van der Waals surface area contributed by atoms with E-state index in [1.165, 1.54) is 10.4 Å². The molecule has 0 amide bonds. The van der Waals surface area contributed by atoms with Crippen molar-refractivity contribution in [1.82, 2.24) is 9.97 Å². The molecule has 0 atom stereocenters. The Labute approximate surface area is 162 Å². The Morgan fingerprint density at radius 2 is 2.00 bits per heavy atom. The van der Waals surface area contributed by atoms with E-state index in [0.29, 0.717) is 5.82 Å². The summed E-state index contributed by atoms with van der Waals surface area (Å²) in [5.74, 6) is 2.46. The van der Waals surface area contributed by atoms with Gasteiger partial charge in [0, 0.05) is 11.4 Å². The second-order valence-corrected chi connectivity index (χ2v) is 7.60. The Balaban J connectivity index is 1.47. The van der Waals surface area contributed by atoms with Gasteiger partial charge in [0.15, 0.2) is 5.82 Å². The predicted molar refractivity (Wildman–Crippen MR) is 110 cm³/mol. The van der Waals surface area contributed by atoms with Crippen LogP contribution in [0.5, 0.6) is 5.75 Å². The van der Waals surface area contributed by atoms with Crippen LogP contribution in [0.4, 0.5) is 5.82 Å². The summed E-state index contributed by atoms with van der Waals surface area (Å²) in [6, 6.07) is 12.3. The summed E-state index contributed by atoms with van der Waals surface area (Å²) in [6.07, 6.45) is 5.34. The molecule has 0 fully saturated rings. The minimum Gasteiger partial charge on any atom is -0.497 e. The molecule has 4 aromatic rings. The van der Waals surface area contributed by atoms with E-state index in [2.05, 4.69) is 35.4 Å². The van der Waals surface area contributed by atoms with E-state index in [1.54, 1.807) is 31.0 Å². The van der Waals surface area contributed by atoms with Crippen LogP contribution < -0.4 is 10.1 Å². The van der Waals surface area contributed by atoms with Crippen LogP contribution in [0.1, 0.15) is 16.9 Å². The molecule has 0 aliphatic heterocycles. The molecule has 0 unspecified atom stereocenters. The monoisotopic (exact) mass is 379 g/mol. The first-order valence-electron chi connectivity index (χ1n) is 8.90. The van der Waals surface area contributed by atoms with Gasteiger partial charge in [-0.15, -0.1) is 11.3 Å². The summed E-state index contributed by atoms with van der Waals surface area (Å²) in [5, 5.41) is 4.57. The predicted octanol–water partition coefficient (Wildman–Crippen LogP) is 5.31. The largest absolute Gasteiger partial charge is 0.497 e. The maximum atomic E-state index is 5.21. The quantitative estimate of drug-likeness (QED) is 0.441. The molecule has 0 radical (unpaired) electrons. The molecule has 0 spiro atoms. The van der Waals surface area contributed by atoms with Crippen molar-refractivity contribution < 1.29 is 9.15 Å². The van der Waals surface area contributed by atoms with Gasteiger partial charge in [-0.3, -0.25) is 0 Å². The lowest BCUT2D eigenvalue weighted by atomic mass is 10.1. The van der Waals surface area contributed by atoms with Gasteiger partial charge in [0.1, 0.15) is 22.7 Å². The molecule has 0 saturated heterocycles.